The van der Waals surface area contributed by atoms with Crippen LogP contribution in [0.2, 0.25) is 0 Å². The van der Waals surface area contributed by atoms with Crippen LogP contribution in [0.3, 0.4) is 0 Å². The number of carbonyl (C=O) groups is 1. The summed E-state index contributed by atoms with van der Waals surface area (Å²) in [6, 6.07) is 14.6. The minimum Gasteiger partial charge on any atom is -0.494 e. The Kier molecular flexibility index (Phi) is 21.0. The summed E-state index contributed by atoms with van der Waals surface area (Å²) < 4.78 is 10.9. The van der Waals surface area contributed by atoms with Gasteiger partial charge in [0, 0.05) is 0 Å². The maximum absolute atomic E-state index is 11.7. The van der Waals surface area contributed by atoms with Gasteiger partial charge in [-0.05, 0) is 61.9 Å². The lowest BCUT2D eigenvalue weighted by Gasteiger charge is -2.06. The Hall–Kier alpha value is -2.69. The minimum absolute atomic E-state index is 0.327. The molecule has 0 bridgehead atoms. The molecule has 0 aliphatic rings. The highest BCUT2D eigenvalue weighted by Crippen LogP contribution is 2.22. The molecular formula is C37H58N2O3. The molecule has 0 unspecified atom stereocenters. The summed E-state index contributed by atoms with van der Waals surface area (Å²) in [5, 5.41) is 8.52. The first-order valence-electron chi connectivity index (χ1n) is 17.1. The predicted octanol–water partition coefficient (Wildman–Crippen LogP) is 12.5. The number of carbonyl (C=O) groups excluding carboxylic acids is 1. The lowest BCUT2D eigenvalue weighted by Crippen LogP contribution is -2.03. The summed E-state index contributed by atoms with van der Waals surface area (Å²) >= 11 is 0. The predicted molar refractivity (Wildman–Crippen MR) is 177 cm³/mol. The van der Waals surface area contributed by atoms with E-state index in [0.29, 0.717) is 17.9 Å². The second-order valence-corrected chi connectivity index (χ2v) is 11.5. The standard InChI is InChI=1S/C37H58N2O3/c1-3-5-6-7-8-9-10-11-12-13-14-15-16-17-18-19-20-21-22-23-32-42-36-30-28-35(29-31-36)39-38-34-26-24-33(25-27-34)37(40)41-4-2/h24-31H,3-23,32H2,1-2H3. The summed E-state index contributed by atoms with van der Waals surface area (Å²) in [7, 11) is 0. The van der Waals surface area contributed by atoms with Crippen molar-refractivity contribution in [3.8, 4) is 5.75 Å². The molecule has 2 rings (SSSR count). The molecule has 42 heavy (non-hydrogen) atoms. The van der Waals surface area contributed by atoms with E-state index in [1.54, 1.807) is 31.2 Å². The first kappa shape index (κ1) is 35.5. The number of ether oxygens (including phenoxy) is 2. The van der Waals surface area contributed by atoms with Crippen molar-refractivity contribution < 1.29 is 14.3 Å². The van der Waals surface area contributed by atoms with Crippen molar-refractivity contribution in [3.63, 3.8) is 0 Å². The zero-order valence-electron chi connectivity index (χ0n) is 26.8. The molecule has 234 valence electrons. The van der Waals surface area contributed by atoms with E-state index in [4.69, 9.17) is 9.47 Å². The van der Waals surface area contributed by atoms with Gasteiger partial charge >= 0.3 is 5.97 Å². The first-order chi connectivity index (χ1) is 20.7. The monoisotopic (exact) mass is 578 g/mol. The Morgan fingerprint density at radius 2 is 0.905 bits per heavy atom. The van der Waals surface area contributed by atoms with Gasteiger partial charge in [0.05, 0.1) is 30.2 Å². The lowest BCUT2D eigenvalue weighted by molar-refractivity contribution is 0.0526. The van der Waals surface area contributed by atoms with E-state index in [2.05, 4.69) is 17.2 Å². The van der Waals surface area contributed by atoms with E-state index in [0.717, 1.165) is 24.5 Å². The van der Waals surface area contributed by atoms with Gasteiger partial charge in [-0.2, -0.15) is 10.2 Å². The van der Waals surface area contributed by atoms with Crippen LogP contribution in [0, 0.1) is 0 Å². The van der Waals surface area contributed by atoms with Crippen molar-refractivity contribution in [3.05, 3.63) is 54.1 Å². The quantitative estimate of drug-likeness (QED) is 0.0633. The Balaban J connectivity index is 1.38. The van der Waals surface area contributed by atoms with Gasteiger partial charge in [0.25, 0.3) is 0 Å². The van der Waals surface area contributed by atoms with Gasteiger partial charge in [0.15, 0.2) is 0 Å². The number of esters is 1. The second kappa shape index (κ2) is 24.9. The van der Waals surface area contributed by atoms with Crippen LogP contribution in [0.5, 0.6) is 5.75 Å². The van der Waals surface area contributed by atoms with E-state index in [1.165, 1.54) is 122 Å². The largest absolute Gasteiger partial charge is 0.494 e. The molecule has 0 aliphatic carbocycles. The van der Waals surface area contributed by atoms with Crippen molar-refractivity contribution >= 4 is 17.3 Å². The highest BCUT2D eigenvalue weighted by molar-refractivity contribution is 5.89. The van der Waals surface area contributed by atoms with E-state index in [9.17, 15) is 4.79 Å². The van der Waals surface area contributed by atoms with Crippen LogP contribution in [0.4, 0.5) is 11.4 Å². The molecule has 0 heterocycles. The van der Waals surface area contributed by atoms with Crippen molar-refractivity contribution in [2.75, 3.05) is 13.2 Å². The fraction of sp³-hybridized carbons (Fsp3) is 0.649. The number of unbranched alkanes of at least 4 members (excludes halogenated alkanes) is 19. The molecule has 0 N–H and O–H groups in total. The molecule has 0 radical (unpaired) electrons. The number of nitrogens with zero attached hydrogens (tertiary/aromatic N) is 2. The van der Waals surface area contributed by atoms with Gasteiger partial charge in [0.1, 0.15) is 5.75 Å². The lowest BCUT2D eigenvalue weighted by atomic mass is 10.0. The number of benzene rings is 2. The molecule has 0 spiro atoms. The second-order valence-electron chi connectivity index (χ2n) is 11.5. The van der Waals surface area contributed by atoms with Crippen molar-refractivity contribution in [1.29, 1.82) is 0 Å². The third-order valence-electron chi connectivity index (χ3n) is 7.76. The average molecular weight is 579 g/mol. The Morgan fingerprint density at radius 1 is 0.524 bits per heavy atom. The highest BCUT2D eigenvalue weighted by Gasteiger charge is 2.05. The minimum atomic E-state index is -0.327. The molecular weight excluding hydrogens is 520 g/mol. The zero-order chi connectivity index (χ0) is 29.9. The van der Waals surface area contributed by atoms with Gasteiger partial charge in [0.2, 0.25) is 0 Å². The summed E-state index contributed by atoms with van der Waals surface area (Å²) in [5.74, 6) is 0.539. The van der Waals surface area contributed by atoms with Crippen LogP contribution in [0.1, 0.15) is 153 Å². The molecule has 5 nitrogen and oxygen atoms in total. The van der Waals surface area contributed by atoms with Crippen molar-refractivity contribution in [1.82, 2.24) is 0 Å². The number of rotatable bonds is 26. The molecule has 2 aromatic carbocycles. The topological polar surface area (TPSA) is 60.2 Å². The van der Waals surface area contributed by atoms with Gasteiger partial charge in [-0.3, -0.25) is 0 Å². The fourth-order valence-electron chi connectivity index (χ4n) is 5.15. The van der Waals surface area contributed by atoms with Crippen LogP contribution in [-0.2, 0) is 4.74 Å². The Labute approximate surface area is 256 Å². The van der Waals surface area contributed by atoms with Gasteiger partial charge < -0.3 is 9.47 Å². The zero-order valence-corrected chi connectivity index (χ0v) is 26.8. The Morgan fingerprint density at radius 3 is 1.31 bits per heavy atom. The van der Waals surface area contributed by atoms with Gasteiger partial charge in [-0.15, -0.1) is 0 Å². The number of hydrogen-bond donors (Lipinski definition) is 0. The third kappa shape index (κ3) is 18.0. The van der Waals surface area contributed by atoms with E-state index < -0.39 is 0 Å². The first-order valence-corrected chi connectivity index (χ1v) is 17.1. The maximum Gasteiger partial charge on any atom is 0.338 e. The van der Waals surface area contributed by atoms with Crippen LogP contribution in [0.25, 0.3) is 0 Å². The summed E-state index contributed by atoms with van der Waals surface area (Å²) in [6.45, 7) is 5.20. The summed E-state index contributed by atoms with van der Waals surface area (Å²) in [4.78, 5) is 11.7. The molecule has 0 saturated heterocycles. The molecule has 0 saturated carbocycles. The molecule has 0 aromatic heterocycles. The van der Waals surface area contributed by atoms with Crippen LogP contribution in [0.15, 0.2) is 58.8 Å². The van der Waals surface area contributed by atoms with E-state index in [1.807, 2.05) is 24.3 Å². The molecule has 5 heteroatoms. The Bertz CT molecular complexity index is 940. The van der Waals surface area contributed by atoms with Gasteiger partial charge in [-0.1, -0.05) is 129 Å². The summed E-state index contributed by atoms with van der Waals surface area (Å²) in [6.07, 6.45) is 27.9. The van der Waals surface area contributed by atoms with Crippen LogP contribution >= 0.6 is 0 Å². The molecule has 0 amide bonds. The highest BCUT2D eigenvalue weighted by atomic mass is 16.5. The van der Waals surface area contributed by atoms with Gasteiger partial charge in [-0.25, -0.2) is 4.79 Å². The van der Waals surface area contributed by atoms with Crippen molar-refractivity contribution in [2.45, 2.75) is 142 Å². The van der Waals surface area contributed by atoms with Crippen molar-refractivity contribution in [2.24, 2.45) is 10.2 Å². The van der Waals surface area contributed by atoms with E-state index >= 15 is 0 Å². The van der Waals surface area contributed by atoms with E-state index in [-0.39, 0.29) is 5.97 Å². The molecule has 2 aromatic rings. The SMILES string of the molecule is CCCCCCCCCCCCCCCCCCCCCCOc1ccc(N=Nc2ccc(C(=O)OCC)cc2)cc1. The molecule has 0 fully saturated rings. The molecule has 0 atom stereocenters. The number of azo groups is 1. The summed E-state index contributed by atoms with van der Waals surface area (Å²) in [5.41, 5.74) is 1.95. The normalized spacial score (nSPS) is 11.3. The number of hydrogen-bond acceptors (Lipinski definition) is 5. The van der Waals surface area contributed by atoms with Crippen LogP contribution < -0.4 is 4.74 Å². The maximum atomic E-state index is 11.7. The third-order valence-corrected chi connectivity index (χ3v) is 7.76. The smallest absolute Gasteiger partial charge is 0.338 e. The molecule has 0 aliphatic heterocycles. The van der Waals surface area contributed by atoms with Crippen LogP contribution in [-0.4, -0.2) is 19.2 Å². The average Bonchev–Trinajstić information content (AvgIpc) is 3.01. The fourth-order valence-corrected chi connectivity index (χ4v) is 5.15.